The summed E-state index contributed by atoms with van der Waals surface area (Å²) in [4.78, 5) is 27.9. The molecule has 6 nitrogen and oxygen atoms in total. The highest BCUT2D eigenvalue weighted by Gasteiger charge is 2.27. The Morgan fingerprint density at radius 3 is 2.66 bits per heavy atom. The second kappa shape index (κ2) is 9.10. The molecule has 2 aromatic heterocycles. The first-order chi connectivity index (χ1) is 14.3. The van der Waals surface area contributed by atoms with Crippen molar-refractivity contribution in [2.75, 3.05) is 18.4 Å². The van der Waals surface area contributed by atoms with E-state index in [9.17, 15) is 4.79 Å². The van der Waals surface area contributed by atoms with Crippen LogP contribution in [0.15, 0.2) is 73.2 Å². The van der Waals surface area contributed by atoms with E-state index in [0.717, 1.165) is 36.5 Å². The van der Waals surface area contributed by atoms with Gasteiger partial charge in [-0.15, -0.1) is 0 Å². The topological polar surface area (TPSA) is 71.0 Å². The Kier molecular flexibility index (Phi) is 5.90. The van der Waals surface area contributed by atoms with Crippen LogP contribution in [0.5, 0.6) is 0 Å². The zero-order chi connectivity index (χ0) is 19.9. The predicted octanol–water partition coefficient (Wildman–Crippen LogP) is 4.03. The molecule has 3 aromatic rings. The summed E-state index contributed by atoms with van der Waals surface area (Å²) < 4.78 is 0. The highest BCUT2D eigenvalue weighted by molar-refractivity contribution is 5.91. The van der Waals surface area contributed by atoms with Gasteiger partial charge in [-0.25, -0.2) is 9.97 Å². The number of likely N-dealkylation sites (tertiary alicyclic amines) is 1. The molecule has 0 unspecified atom stereocenters. The fourth-order valence-electron chi connectivity index (χ4n) is 3.54. The molecule has 146 valence electrons. The zero-order valence-electron chi connectivity index (χ0n) is 16.1. The molecule has 0 radical (unpaired) electrons. The van der Waals surface area contributed by atoms with E-state index in [4.69, 9.17) is 0 Å². The van der Waals surface area contributed by atoms with Gasteiger partial charge in [0, 0.05) is 43.7 Å². The molecule has 0 aliphatic carbocycles. The van der Waals surface area contributed by atoms with Crippen molar-refractivity contribution in [2.45, 2.75) is 18.8 Å². The number of nitrogens with zero attached hydrogens (tertiary/aromatic N) is 4. The lowest BCUT2D eigenvalue weighted by atomic mass is 9.94. The van der Waals surface area contributed by atoms with E-state index < -0.39 is 0 Å². The number of carbonyl (C=O) groups is 1. The lowest BCUT2D eigenvalue weighted by molar-refractivity contribution is -0.127. The van der Waals surface area contributed by atoms with Crippen LogP contribution in [-0.4, -0.2) is 38.8 Å². The average molecular weight is 385 g/mol. The molecular weight excluding hydrogens is 362 g/mol. The summed E-state index contributed by atoms with van der Waals surface area (Å²) in [5, 5.41) is 3.26. The van der Waals surface area contributed by atoms with Crippen molar-refractivity contribution >= 4 is 23.6 Å². The first-order valence-corrected chi connectivity index (χ1v) is 9.80. The number of aromatic nitrogens is 3. The van der Waals surface area contributed by atoms with Gasteiger partial charge >= 0.3 is 0 Å². The minimum atomic E-state index is 0.0293. The molecule has 29 heavy (non-hydrogen) atoms. The SMILES string of the molecule is O=C(/C=C/c1ccccc1)N1CCC[C@H](c2nccnc2Nc2ccccn2)C1. The Morgan fingerprint density at radius 1 is 1.00 bits per heavy atom. The van der Waals surface area contributed by atoms with Gasteiger partial charge in [0.15, 0.2) is 5.82 Å². The van der Waals surface area contributed by atoms with Crippen LogP contribution < -0.4 is 5.32 Å². The second-order valence-corrected chi connectivity index (χ2v) is 7.00. The molecule has 1 saturated heterocycles. The third-order valence-electron chi connectivity index (χ3n) is 4.98. The molecule has 6 heteroatoms. The van der Waals surface area contributed by atoms with E-state index in [-0.39, 0.29) is 11.8 Å². The summed E-state index contributed by atoms with van der Waals surface area (Å²) in [5.41, 5.74) is 1.90. The van der Waals surface area contributed by atoms with Crippen molar-refractivity contribution in [3.8, 4) is 0 Å². The quantitative estimate of drug-likeness (QED) is 0.671. The molecule has 1 atom stereocenters. The van der Waals surface area contributed by atoms with Crippen molar-refractivity contribution in [2.24, 2.45) is 0 Å². The third kappa shape index (κ3) is 4.85. The van der Waals surface area contributed by atoms with Crippen LogP contribution in [-0.2, 0) is 4.79 Å². The number of anilines is 2. The van der Waals surface area contributed by atoms with Crippen LogP contribution in [0.3, 0.4) is 0 Å². The number of carbonyl (C=O) groups excluding carboxylic acids is 1. The Morgan fingerprint density at radius 2 is 1.83 bits per heavy atom. The number of pyridine rings is 1. The van der Waals surface area contributed by atoms with Crippen molar-refractivity contribution in [1.29, 1.82) is 0 Å². The average Bonchev–Trinajstić information content (AvgIpc) is 2.79. The van der Waals surface area contributed by atoms with Crippen molar-refractivity contribution in [3.05, 3.63) is 84.5 Å². The monoisotopic (exact) mass is 385 g/mol. The van der Waals surface area contributed by atoms with E-state index >= 15 is 0 Å². The summed E-state index contributed by atoms with van der Waals surface area (Å²) >= 11 is 0. The van der Waals surface area contributed by atoms with E-state index in [1.165, 1.54) is 0 Å². The molecule has 1 amide bonds. The van der Waals surface area contributed by atoms with Gasteiger partial charge in [0.2, 0.25) is 5.91 Å². The molecule has 1 aliphatic rings. The van der Waals surface area contributed by atoms with Crippen molar-refractivity contribution in [3.63, 3.8) is 0 Å². The van der Waals surface area contributed by atoms with E-state index in [1.54, 1.807) is 24.7 Å². The van der Waals surface area contributed by atoms with Crippen LogP contribution in [0.4, 0.5) is 11.6 Å². The number of benzene rings is 1. The Bertz CT molecular complexity index is 975. The normalized spacial score (nSPS) is 16.7. The van der Waals surface area contributed by atoms with E-state index in [2.05, 4.69) is 20.3 Å². The zero-order valence-corrected chi connectivity index (χ0v) is 16.1. The fourth-order valence-corrected chi connectivity index (χ4v) is 3.54. The number of hydrogen-bond acceptors (Lipinski definition) is 5. The summed E-state index contributed by atoms with van der Waals surface area (Å²) in [6, 6.07) is 15.5. The molecule has 0 bridgehead atoms. The van der Waals surface area contributed by atoms with Gasteiger partial charge in [0.25, 0.3) is 0 Å². The number of rotatable bonds is 5. The Hall–Kier alpha value is -3.54. The van der Waals surface area contributed by atoms with Gasteiger partial charge in [0.1, 0.15) is 5.82 Å². The standard InChI is InChI=1S/C23H23N5O/c29-21(12-11-18-7-2-1-3-8-18)28-16-6-9-19(17-28)22-23(26-15-14-25-22)27-20-10-4-5-13-24-20/h1-5,7-8,10-15,19H,6,9,16-17H2,(H,24,26,27)/b12-11+/t19-/m0/s1. The smallest absolute Gasteiger partial charge is 0.246 e. The number of amides is 1. The maximum atomic E-state index is 12.7. The van der Waals surface area contributed by atoms with Crippen LogP contribution in [0, 0.1) is 0 Å². The first-order valence-electron chi connectivity index (χ1n) is 9.80. The first kappa shape index (κ1) is 18.8. The molecule has 1 N–H and O–H groups in total. The summed E-state index contributed by atoms with van der Waals surface area (Å²) in [7, 11) is 0. The Labute approximate surface area is 170 Å². The van der Waals surface area contributed by atoms with E-state index in [1.807, 2.05) is 59.5 Å². The molecule has 1 aliphatic heterocycles. The van der Waals surface area contributed by atoms with Gasteiger partial charge in [-0.05, 0) is 36.6 Å². The summed E-state index contributed by atoms with van der Waals surface area (Å²) in [6.45, 7) is 1.39. The minimum absolute atomic E-state index is 0.0293. The molecule has 4 rings (SSSR count). The van der Waals surface area contributed by atoms with Gasteiger partial charge in [0.05, 0.1) is 5.69 Å². The maximum absolute atomic E-state index is 12.7. The number of nitrogens with one attached hydrogen (secondary N) is 1. The molecular formula is C23H23N5O. The summed E-state index contributed by atoms with van der Waals surface area (Å²) in [6.07, 6.45) is 10.5. The van der Waals surface area contributed by atoms with Gasteiger partial charge in [-0.2, -0.15) is 0 Å². The summed E-state index contributed by atoms with van der Waals surface area (Å²) in [5.74, 6) is 1.59. The van der Waals surface area contributed by atoms with Crippen LogP contribution in [0.2, 0.25) is 0 Å². The minimum Gasteiger partial charge on any atom is -0.338 e. The highest BCUT2D eigenvalue weighted by Crippen LogP contribution is 2.30. The van der Waals surface area contributed by atoms with Crippen LogP contribution >= 0.6 is 0 Å². The molecule has 0 saturated carbocycles. The fraction of sp³-hybridized carbons (Fsp3) is 0.217. The maximum Gasteiger partial charge on any atom is 0.246 e. The lowest BCUT2D eigenvalue weighted by Crippen LogP contribution is -2.38. The third-order valence-corrected chi connectivity index (χ3v) is 4.98. The van der Waals surface area contributed by atoms with E-state index in [0.29, 0.717) is 12.4 Å². The van der Waals surface area contributed by atoms with Crippen LogP contribution in [0.25, 0.3) is 6.08 Å². The molecule has 3 heterocycles. The van der Waals surface area contributed by atoms with Gasteiger partial charge in [-0.3, -0.25) is 9.78 Å². The van der Waals surface area contributed by atoms with Crippen molar-refractivity contribution < 1.29 is 4.79 Å². The highest BCUT2D eigenvalue weighted by atomic mass is 16.2. The number of piperidine rings is 1. The molecule has 0 spiro atoms. The van der Waals surface area contributed by atoms with Gasteiger partial charge in [-0.1, -0.05) is 36.4 Å². The van der Waals surface area contributed by atoms with Crippen LogP contribution in [0.1, 0.15) is 30.0 Å². The number of hydrogen-bond donors (Lipinski definition) is 1. The molecule has 1 aromatic carbocycles. The predicted molar refractivity (Wildman–Crippen MR) is 114 cm³/mol. The largest absolute Gasteiger partial charge is 0.338 e. The van der Waals surface area contributed by atoms with Crippen molar-refractivity contribution in [1.82, 2.24) is 19.9 Å². The van der Waals surface area contributed by atoms with Gasteiger partial charge < -0.3 is 10.2 Å². The Balaban J connectivity index is 1.47. The molecule has 1 fully saturated rings. The second-order valence-electron chi connectivity index (χ2n) is 7.00. The lowest BCUT2D eigenvalue weighted by Gasteiger charge is -2.32.